The van der Waals surface area contributed by atoms with Crippen LogP contribution in [0.15, 0.2) is 36.7 Å². The number of benzene rings is 1. The minimum Gasteiger partial charge on any atom is -0.321 e. The fourth-order valence-electron chi connectivity index (χ4n) is 2.71. The zero-order chi connectivity index (χ0) is 18.0. The summed E-state index contributed by atoms with van der Waals surface area (Å²) >= 11 is 1.30. The predicted molar refractivity (Wildman–Crippen MR) is 103 cm³/mol. The molecule has 0 aliphatic rings. The zero-order valence-corrected chi connectivity index (χ0v) is 15.5. The fraction of sp³-hybridized carbons (Fsp3) is 0.211. The summed E-state index contributed by atoms with van der Waals surface area (Å²) in [6, 6.07) is 7.98. The van der Waals surface area contributed by atoms with Gasteiger partial charge in [-0.15, -0.1) is 0 Å². The summed E-state index contributed by atoms with van der Waals surface area (Å²) in [6.45, 7) is 8.02. The molecule has 0 saturated heterocycles. The third-order valence-electron chi connectivity index (χ3n) is 3.88. The molecule has 0 fully saturated rings. The van der Waals surface area contributed by atoms with Crippen molar-refractivity contribution in [2.75, 3.05) is 10.6 Å². The molecule has 128 valence electrons. The van der Waals surface area contributed by atoms with Crippen LogP contribution in [0.2, 0.25) is 0 Å². The number of carbonyl (C=O) groups excluding carboxylic acids is 1. The Kier molecular flexibility index (Phi) is 4.81. The summed E-state index contributed by atoms with van der Waals surface area (Å²) in [7, 11) is 0. The summed E-state index contributed by atoms with van der Waals surface area (Å²) in [5, 5.41) is 6.80. The van der Waals surface area contributed by atoms with Crippen LogP contribution >= 0.6 is 11.3 Å². The molecule has 0 unspecified atom stereocenters. The summed E-state index contributed by atoms with van der Waals surface area (Å²) in [5.41, 5.74) is 5.17. The molecule has 3 rings (SSSR count). The van der Waals surface area contributed by atoms with Crippen molar-refractivity contribution >= 4 is 33.9 Å². The number of pyridine rings is 1. The van der Waals surface area contributed by atoms with Crippen LogP contribution in [-0.2, 0) is 0 Å². The standard InChI is InChI=1S/C19H20N4OS/c1-11-8-13(3)16(14(4)9-11)22-18(24)15-10-21-19(25-15)23-17-12(2)6-5-7-20-17/h5-10H,1-4H3,(H,22,24)(H,20,21,23). The van der Waals surface area contributed by atoms with Gasteiger partial charge in [0.2, 0.25) is 0 Å². The number of thiazole rings is 1. The Morgan fingerprint density at radius 1 is 1.04 bits per heavy atom. The molecule has 1 aromatic carbocycles. The molecule has 2 heterocycles. The predicted octanol–water partition coefficient (Wildman–Crippen LogP) is 4.77. The largest absolute Gasteiger partial charge is 0.321 e. The molecule has 0 spiro atoms. The lowest BCUT2D eigenvalue weighted by molar-refractivity contribution is 0.103. The van der Waals surface area contributed by atoms with Crippen molar-refractivity contribution in [1.29, 1.82) is 0 Å². The van der Waals surface area contributed by atoms with E-state index < -0.39 is 0 Å². The first-order chi connectivity index (χ1) is 11.9. The van der Waals surface area contributed by atoms with Crippen molar-refractivity contribution < 1.29 is 4.79 Å². The third-order valence-corrected chi connectivity index (χ3v) is 4.79. The van der Waals surface area contributed by atoms with Crippen LogP contribution in [0.4, 0.5) is 16.6 Å². The Labute approximate surface area is 151 Å². The number of aryl methyl sites for hydroxylation is 4. The van der Waals surface area contributed by atoms with E-state index in [0.717, 1.165) is 28.2 Å². The number of rotatable bonds is 4. The van der Waals surface area contributed by atoms with Gasteiger partial charge in [-0.25, -0.2) is 9.97 Å². The van der Waals surface area contributed by atoms with Gasteiger partial charge in [0.25, 0.3) is 5.91 Å². The van der Waals surface area contributed by atoms with Crippen molar-refractivity contribution in [1.82, 2.24) is 9.97 Å². The lowest BCUT2D eigenvalue weighted by atomic mass is 10.1. The van der Waals surface area contributed by atoms with E-state index in [1.54, 1.807) is 12.4 Å². The number of anilines is 3. The van der Waals surface area contributed by atoms with Crippen molar-refractivity contribution in [3.05, 3.63) is 63.8 Å². The monoisotopic (exact) mass is 352 g/mol. The first kappa shape index (κ1) is 17.1. The van der Waals surface area contributed by atoms with Crippen LogP contribution in [0.5, 0.6) is 0 Å². The van der Waals surface area contributed by atoms with Crippen LogP contribution < -0.4 is 10.6 Å². The van der Waals surface area contributed by atoms with E-state index in [0.29, 0.717) is 10.0 Å². The van der Waals surface area contributed by atoms with Gasteiger partial charge in [0.1, 0.15) is 10.7 Å². The minimum absolute atomic E-state index is 0.154. The molecule has 0 bridgehead atoms. The molecular formula is C19H20N4OS. The van der Waals surface area contributed by atoms with E-state index in [4.69, 9.17) is 0 Å². The lowest BCUT2D eigenvalue weighted by Gasteiger charge is -2.12. The van der Waals surface area contributed by atoms with Gasteiger partial charge >= 0.3 is 0 Å². The highest BCUT2D eigenvalue weighted by Gasteiger charge is 2.14. The zero-order valence-electron chi connectivity index (χ0n) is 14.7. The van der Waals surface area contributed by atoms with Crippen LogP contribution in [-0.4, -0.2) is 15.9 Å². The molecule has 0 saturated carbocycles. The maximum atomic E-state index is 12.6. The minimum atomic E-state index is -0.154. The first-order valence-corrected chi connectivity index (χ1v) is 8.79. The molecule has 2 N–H and O–H groups in total. The second-order valence-electron chi connectivity index (χ2n) is 6.05. The van der Waals surface area contributed by atoms with Gasteiger partial charge in [-0.3, -0.25) is 4.79 Å². The maximum Gasteiger partial charge on any atom is 0.267 e. The van der Waals surface area contributed by atoms with Gasteiger partial charge in [-0.1, -0.05) is 35.1 Å². The van der Waals surface area contributed by atoms with E-state index in [2.05, 4.69) is 32.7 Å². The Morgan fingerprint density at radius 2 is 1.76 bits per heavy atom. The molecule has 0 radical (unpaired) electrons. The van der Waals surface area contributed by atoms with Gasteiger partial charge in [0.15, 0.2) is 5.13 Å². The highest BCUT2D eigenvalue weighted by Crippen LogP contribution is 2.26. The SMILES string of the molecule is Cc1cc(C)c(NC(=O)c2cnc(Nc3ncccc3C)s2)c(C)c1. The number of hydrogen-bond donors (Lipinski definition) is 2. The smallest absolute Gasteiger partial charge is 0.267 e. The molecule has 3 aromatic rings. The number of nitrogens with one attached hydrogen (secondary N) is 2. The molecule has 0 atom stereocenters. The molecule has 0 aliphatic carbocycles. The van der Waals surface area contributed by atoms with Gasteiger partial charge in [0.05, 0.1) is 6.20 Å². The van der Waals surface area contributed by atoms with Gasteiger partial charge in [-0.2, -0.15) is 0 Å². The van der Waals surface area contributed by atoms with Crippen LogP contribution in [0.25, 0.3) is 0 Å². The topological polar surface area (TPSA) is 66.9 Å². The van der Waals surface area contributed by atoms with Crippen LogP contribution in [0.1, 0.15) is 31.9 Å². The molecule has 5 nitrogen and oxygen atoms in total. The highest BCUT2D eigenvalue weighted by atomic mass is 32.1. The number of aromatic nitrogens is 2. The van der Waals surface area contributed by atoms with Crippen molar-refractivity contribution in [3.8, 4) is 0 Å². The van der Waals surface area contributed by atoms with Crippen LogP contribution in [0.3, 0.4) is 0 Å². The molecular weight excluding hydrogens is 332 g/mol. The second-order valence-corrected chi connectivity index (χ2v) is 7.08. The van der Waals surface area contributed by atoms with E-state index in [1.165, 1.54) is 16.9 Å². The van der Waals surface area contributed by atoms with E-state index >= 15 is 0 Å². The normalized spacial score (nSPS) is 10.6. The summed E-state index contributed by atoms with van der Waals surface area (Å²) in [5.74, 6) is 0.590. The average Bonchev–Trinajstić information content (AvgIpc) is 3.01. The van der Waals surface area contributed by atoms with Gasteiger partial charge in [-0.05, 0) is 50.5 Å². The Hall–Kier alpha value is -2.73. The highest BCUT2D eigenvalue weighted by molar-refractivity contribution is 7.17. The number of carbonyl (C=O) groups is 1. The second kappa shape index (κ2) is 7.03. The van der Waals surface area contributed by atoms with E-state index in [-0.39, 0.29) is 5.91 Å². The molecule has 25 heavy (non-hydrogen) atoms. The molecule has 6 heteroatoms. The Balaban J connectivity index is 1.76. The Bertz CT molecular complexity index is 910. The van der Waals surface area contributed by atoms with Crippen molar-refractivity contribution in [3.63, 3.8) is 0 Å². The fourth-order valence-corrected chi connectivity index (χ4v) is 3.42. The molecule has 1 amide bonds. The van der Waals surface area contributed by atoms with Gasteiger partial charge in [0, 0.05) is 11.9 Å². The maximum absolute atomic E-state index is 12.6. The van der Waals surface area contributed by atoms with Crippen LogP contribution in [0, 0.1) is 27.7 Å². The summed E-state index contributed by atoms with van der Waals surface area (Å²) in [6.07, 6.45) is 3.30. The molecule has 0 aliphatic heterocycles. The van der Waals surface area contributed by atoms with E-state index in [1.807, 2.05) is 39.8 Å². The van der Waals surface area contributed by atoms with Gasteiger partial charge < -0.3 is 10.6 Å². The quantitative estimate of drug-likeness (QED) is 0.710. The third kappa shape index (κ3) is 3.85. The van der Waals surface area contributed by atoms with Crippen molar-refractivity contribution in [2.24, 2.45) is 0 Å². The lowest BCUT2D eigenvalue weighted by Crippen LogP contribution is -2.12. The number of nitrogens with zero attached hydrogens (tertiary/aromatic N) is 2. The summed E-state index contributed by atoms with van der Waals surface area (Å²) < 4.78 is 0. The summed E-state index contributed by atoms with van der Waals surface area (Å²) in [4.78, 5) is 21.7. The average molecular weight is 352 g/mol. The van der Waals surface area contributed by atoms with E-state index in [9.17, 15) is 4.79 Å². The molecule has 2 aromatic heterocycles. The number of amides is 1. The first-order valence-electron chi connectivity index (χ1n) is 7.97. The number of hydrogen-bond acceptors (Lipinski definition) is 5. The van der Waals surface area contributed by atoms with Crippen molar-refractivity contribution in [2.45, 2.75) is 27.7 Å². The Morgan fingerprint density at radius 3 is 2.44 bits per heavy atom.